The van der Waals surface area contributed by atoms with Crippen LogP contribution in [-0.4, -0.2) is 48.1 Å². The fraction of sp³-hybridized carbons (Fsp3) is 0.929. The summed E-state index contributed by atoms with van der Waals surface area (Å²) in [5.74, 6) is 0.213. The van der Waals surface area contributed by atoms with E-state index in [4.69, 9.17) is 0 Å². The summed E-state index contributed by atoms with van der Waals surface area (Å²) in [6.07, 6.45) is 7.11. The molecule has 3 aliphatic rings. The van der Waals surface area contributed by atoms with Crippen molar-refractivity contribution in [2.75, 3.05) is 19.6 Å². The zero-order valence-corrected chi connectivity index (χ0v) is 11.4. The molecule has 1 saturated carbocycles. The third-order valence-electron chi connectivity index (χ3n) is 4.80. The molecule has 0 aromatic carbocycles. The van der Waals surface area contributed by atoms with Crippen LogP contribution in [0.3, 0.4) is 0 Å². The first-order chi connectivity index (χ1) is 8.67. The average Bonchev–Trinajstić information content (AvgIpc) is 3.13. The quantitative estimate of drug-likeness (QED) is 0.782. The predicted molar refractivity (Wildman–Crippen MR) is 71.4 cm³/mol. The molecule has 3 rings (SSSR count). The fourth-order valence-electron chi connectivity index (χ4n) is 3.28. The van der Waals surface area contributed by atoms with E-state index in [0.717, 1.165) is 38.3 Å². The van der Waals surface area contributed by atoms with Crippen LogP contribution >= 0.6 is 0 Å². The number of piperidine rings is 1. The molecule has 3 fully saturated rings. The van der Waals surface area contributed by atoms with E-state index in [9.17, 15) is 4.79 Å². The van der Waals surface area contributed by atoms with E-state index in [0.29, 0.717) is 6.04 Å². The van der Waals surface area contributed by atoms with Crippen LogP contribution in [0.5, 0.6) is 0 Å². The van der Waals surface area contributed by atoms with Crippen molar-refractivity contribution in [3.8, 4) is 0 Å². The Kier molecular flexibility index (Phi) is 3.32. The fourth-order valence-corrected chi connectivity index (χ4v) is 3.28. The minimum atomic E-state index is -0.312. The summed E-state index contributed by atoms with van der Waals surface area (Å²) in [7, 11) is 0. The van der Waals surface area contributed by atoms with Crippen molar-refractivity contribution < 1.29 is 4.79 Å². The summed E-state index contributed by atoms with van der Waals surface area (Å²) in [6.45, 7) is 5.35. The minimum Gasteiger partial charge on any atom is -0.352 e. The van der Waals surface area contributed by atoms with Gasteiger partial charge in [-0.05, 0) is 52.0 Å². The molecule has 0 radical (unpaired) electrons. The zero-order chi connectivity index (χ0) is 12.6. The normalized spacial score (nSPS) is 34.7. The molecule has 1 amide bonds. The van der Waals surface area contributed by atoms with Gasteiger partial charge in [0.2, 0.25) is 5.91 Å². The number of rotatable bonds is 3. The van der Waals surface area contributed by atoms with Crippen molar-refractivity contribution in [3.63, 3.8) is 0 Å². The van der Waals surface area contributed by atoms with Gasteiger partial charge in [0.25, 0.3) is 0 Å². The molecule has 0 bridgehead atoms. The topological polar surface area (TPSA) is 44.4 Å². The first kappa shape index (κ1) is 12.4. The van der Waals surface area contributed by atoms with E-state index in [1.54, 1.807) is 0 Å². The molecule has 2 aliphatic heterocycles. The SMILES string of the molecule is CC1(C(=O)NC2CCN(C3CC3)CC2)CCCN1. The second-order valence-corrected chi connectivity index (χ2v) is 6.38. The average molecular weight is 251 g/mol. The molecule has 2 N–H and O–H groups in total. The first-order valence-electron chi connectivity index (χ1n) is 7.47. The zero-order valence-electron chi connectivity index (χ0n) is 11.4. The third kappa shape index (κ3) is 2.54. The van der Waals surface area contributed by atoms with Gasteiger partial charge in [0.15, 0.2) is 0 Å². The Labute approximate surface area is 109 Å². The van der Waals surface area contributed by atoms with Gasteiger partial charge in [-0.25, -0.2) is 0 Å². The lowest BCUT2D eigenvalue weighted by Crippen LogP contribution is -2.55. The van der Waals surface area contributed by atoms with Crippen molar-refractivity contribution in [1.82, 2.24) is 15.5 Å². The van der Waals surface area contributed by atoms with E-state index >= 15 is 0 Å². The van der Waals surface area contributed by atoms with Crippen molar-refractivity contribution >= 4 is 5.91 Å². The highest BCUT2D eigenvalue weighted by Crippen LogP contribution is 2.29. The lowest BCUT2D eigenvalue weighted by molar-refractivity contribution is -0.127. The van der Waals surface area contributed by atoms with Gasteiger partial charge in [-0.3, -0.25) is 4.79 Å². The van der Waals surface area contributed by atoms with Crippen LogP contribution in [0.1, 0.15) is 45.4 Å². The van der Waals surface area contributed by atoms with Crippen LogP contribution in [0, 0.1) is 0 Å². The largest absolute Gasteiger partial charge is 0.352 e. The van der Waals surface area contributed by atoms with Gasteiger partial charge in [-0.15, -0.1) is 0 Å². The molecule has 1 unspecified atom stereocenters. The minimum absolute atomic E-state index is 0.213. The molecular formula is C14H25N3O. The van der Waals surface area contributed by atoms with Crippen molar-refractivity contribution in [1.29, 1.82) is 0 Å². The number of carbonyl (C=O) groups excluding carboxylic acids is 1. The van der Waals surface area contributed by atoms with Crippen LogP contribution < -0.4 is 10.6 Å². The van der Waals surface area contributed by atoms with E-state index in [-0.39, 0.29) is 11.4 Å². The summed E-state index contributed by atoms with van der Waals surface area (Å²) < 4.78 is 0. The van der Waals surface area contributed by atoms with Gasteiger partial charge in [-0.2, -0.15) is 0 Å². The molecule has 0 spiro atoms. The molecule has 0 aromatic heterocycles. The lowest BCUT2D eigenvalue weighted by Gasteiger charge is -2.34. The van der Waals surface area contributed by atoms with E-state index in [2.05, 4.69) is 15.5 Å². The monoisotopic (exact) mass is 251 g/mol. The van der Waals surface area contributed by atoms with Crippen molar-refractivity contribution in [3.05, 3.63) is 0 Å². The summed E-state index contributed by atoms with van der Waals surface area (Å²) in [5.41, 5.74) is -0.312. The standard InChI is InChI=1S/C14H25N3O/c1-14(7-2-8-15-14)13(18)16-11-5-9-17(10-6-11)12-3-4-12/h11-12,15H,2-10H2,1H3,(H,16,18). The lowest BCUT2D eigenvalue weighted by atomic mass is 9.97. The number of likely N-dealkylation sites (tertiary alicyclic amines) is 1. The summed E-state index contributed by atoms with van der Waals surface area (Å²) in [5, 5.41) is 6.59. The number of nitrogens with zero attached hydrogens (tertiary/aromatic N) is 1. The van der Waals surface area contributed by atoms with Gasteiger partial charge >= 0.3 is 0 Å². The van der Waals surface area contributed by atoms with E-state index in [1.165, 1.54) is 25.9 Å². The number of amides is 1. The summed E-state index contributed by atoms with van der Waals surface area (Å²) in [4.78, 5) is 14.9. The Hall–Kier alpha value is -0.610. The van der Waals surface area contributed by atoms with Crippen molar-refractivity contribution in [2.24, 2.45) is 0 Å². The Balaban J connectivity index is 1.47. The Morgan fingerprint density at radius 2 is 2.00 bits per heavy atom. The van der Waals surface area contributed by atoms with Gasteiger partial charge in [0, 0.05) is 25.2 Å². The third-order valence-corrected chi connectivity index (χ3v) is 4.80. The first-order valence-corrected chi connectivity index (χ1v) is 7.47. The number of hydrogen-bond donors (Lipinski definition) is 2. The van der Waals surface area contributed by atoms with Crippen LogP contribution in [-0.2, 0) is 4.79 Å². The van der Waals surface area contributed by atoms with Crippen LogP contribution in [0.4, 0.5) is 0 Å². The smallest absolute Gasteiger partial charge is 0.240 e. The molecule has 2 heterocycles. The molecule has 102 valence electrons. The molecule has 4 heteroatoms. The van der Waals surface area contributed by atoms with Crippen molar-refractivity contribution in [2.45, 2.75) is 63.1 Å². The highest BCUT2D eigenvalue weighted by atomic mass is 16.2. The second-order valence-electron chi connectivity index (χ2n) is 6.38. The molecule has 1 atom stereocenters. The maximum absolute atomic E-state index is 12.3. The maximum atomic E-state index is 12.3. The number of hydrogen-bond acceptors (Lipinski definition) is 3. The highest BCUT2D eigenvalue weighted by Gasteiger charge is 2.38. The van der Waals surface area contributed by atoms with Gasteiger partial charge in [-0.1, -0.05) is 0 Å². The molecule has 2 saturated heterocycles. The maximum Gasteiger partial charge on any atom is 0.240 e. The van der Waals surface area contributed by atoms with Gasteiger partial charge in [0.1, 0.15) is 0 Å². The van der Waals surface area contributed by atoms with Gasteiger partial charge < -0.3 is 15.5 Å². The summed E-state index contributed by atoms with van der Waals surface area (Å²) in [6, 6.07) is 1.27. The van der Waals surface area contributed by atoms with Crippen LogP contribution in [0.2, 0.25) is 0 Å². The molecular weight excluding hydrogens is 226 g/mol. The molecule has 4 nitrogen and oxygen atoms in total. The van der Waals surface area contributed by atoms with Crippen LogP contribution in [0.25, 0.3) is 0 Å². The van der Waals surface area contributed by atoms with E-state index < -0.39 is 0 Å². The number of carbonyl (C=O) groups is 1. The summed E-state index contributed by atoms with van der Waals surface area (Å²) >= 11 is 0. The second kappa shape index (κ2) is 4.82. The molecule has 1 aliphatic carbocycles. The Bertz CT molecular complexity index is 313. The number of nitrogens with one attached hydrogen (secondary N) is 2. The highest BCUT2D eigenvalue weighted by molar-refractivity contribution is 5.86. The Morgan fingerprint density at radius 3 is 2.56 bits per heavy atom. The Morgan fingerprint density at radius 1 is 1.28 bits per heavy atom. The van der Waals surface area contributed by atoms with Gasteiger partial charge in [0.05, 0.1) is 5.54 Å². The molecule has 18 heavy (non-hydrogen) atoms. The van der Waals surface area contributed by atoms with Crippen LogP contribution in [0.15, 0.2) is 0 Å². The van der Waals surface area contributed by atoms with E-state index in [1.807, 2.05) is 6.92 Å². The predicted octanol–water partition coefficient (Wildman–Crippen LogP) is 0.871. The molecule has 0 aromatic rings.